The molecule has 1 fully saturated rings. The van der Waals surface area contributed by atoms with E-state index in [-0.39, 0.29) is 30.4 Å². The SMILES string of the molecule is CCc1ccc(C(=O)N(CC(=O)N(Cc2cccn2Cc2ccc(Br)cc2)C2CCCCC2)C(C)CC)cc1. The average Bonchev–Trinajstić information content (AvgIpc) is 3.41. The second-order valence-corrected chi connectivity index (χ2v) is 11.7. The quantitative estimate of drug-likeness (QED) is 0.232. The van der Waals surface area contributed by atoms with Crippen LogP contribution in [0.5, 0.6) is 0 Å². The lowest BCUT2D eigenvalue weighted by Crippen LogP contribution is -2.49. The number of rotatable bonds is 11. The number of aromatic nitrogens is 1. The van der Waals surface area contributed by atoms with Gasteiger partial charge >= 0.3 is 0 Å². The number of halogens is 1. The van der Waals surface area contributed by atoms with E-state index in [1.165, 1.54) is 17.5 Å². The molecule has 0 N–H and O–H groups in total. The summed E-state index contributed by atoms with van der Waals surface area (Å²) >= 11 is 3.52. The normalized spacial score (nSPS) is 14.7. The average molecular weight is 593 g/mol. The summed E-state index contributed by atoms with van der Waals surface area (Å²) in [7, 11) is 0. The Bertz CT molecular complexity index is 1210. The second kappa shape index (κ2) is 14.0. The maximum Gasteiger partial charge on any atom is 0.254 e. The van der Waals surface area contributed by atoms with Crippen LogP contribution in [0, 0.1) is 0 Å². The third-order valence-electron chi connectivity index (χ3n) is 8.16. The first kappa shape index (κ1) is 29.1. The molecule has 208 valence electrons. The highest BCUT2D eigenvalue weighted by molar-refractivity contribution is 9.10. The zero-order valence-electron chi connectivity index (χ0n) is 23.6. The first-order valence-electron chi connectivity index (χ1n) is 14.5. The van der Waals surface area contributed by atoms with Crippen LogP contribution in [0.3, 0.4) is 0 Å². The van der Waals surface area contributed by atoms with Gasteiger partial charge in [0, 0.05) is 40.6 Å². The molecule has 0 aliphatic heterocycles. The summed E-state index contributed by atoms with van der Waals surface area (Å²) in [5.74, 6) is -0.0281. The van der Waals surface area contributed by atoms with Crippen LogP contribution in [0.1, 0.15) is 86.5 Å². The highest BCUT2D eigenvalue weighted by Gasteiger charge is 2.30. The number of amides is 2. The second-order valence-electron chi connectivity index (χ2n) is 10.8. The molecule has 0 saturated heterocycles. The monoisotopic (exact) mass is 591 g/mol. The lowest BCUT2D eigenvalue weighted by atomic mass is 9.94. The van der Waals surface area contributed by atoms with Crippen molar-refractivity contribution >= 4 is 27.7 Å². The molecule has 0 spiro atoms. The summed E-state index contributed by atoms with van der Waals surface area (Å²) < 4.78 is 3.30. The van der Waals surface area contributed by atoms with Gasteiger partial charge < -0.3 is 14.4 Å². The molecule has 0 radical (unpaired) electrons. The molecule has 6 heteroatoms. The summed E-state index contributed by atoms with van der Waals surface area (Å²) in [6.45, 7) is 7.64. The predicted octanol–water partition coefficient (Wildman–Crippen LogP) is 7.46. The van der Waals surface area contributed by atoms with Gasteiger partial charge in [-0.25, -0.2) is 0 Å². The molecule has 3 aromatic rings. The van der Waals surface area contributed by atoms with Crippen LogP contribution >= 0.6 is 15.9 Å². The Balaban J connectivity index is 1.55. The van der Waals surface area contributed by atoms with E-state index in [1.807, 2.05) is 31.2 Å². The summed E-state index contributed by atoms with van der Waals surface area (Å²) in [6.07, 6.45) is 9.38. The third-order valence-corrected chi connectivity index (χ3v) is 8.69. The Labute approximate surface area is 242 Å². The van der Waals surface area contributed by atoms with Crippen molar-refractivity contribution < 1.29 is 9.59 Å². The summed E-state index contributed by atoms with van der Waals surface area (Å²) in [6, 6.07) is 20.6. The van der Waals surface area contributed by atoms with Gasteiger partial charge in [-0.1, -0.05) is 73.3 Å². The Morgan fingerprint density at radius 2 is 1.62 bits per heavy atom. The number of carbonyl (C=O) groups is 2. The van der Waals surface area contributed by atoms with Gasteiger partial charge in [0.05, 0.1) is 6.54 Å². The van der Waals surface area contributed by atoms with Gasteiger partial charge in [0.1, 0.15) is 6.54 Å². The number of nitrogens with zero attached hydrogens (tertiary/aromatic N) is 3. The Morgan fingerprint density at radius 1 is 0.949 bits per heavy atom. The standard InChI is InChI=1S/C33H42BrN3O2/c1-4-25(3)36(33(39)28-17-13-26(5-2)14-18-28)24-32(38)37(30-10-7-6-8-11-30)23-31-12-9-21-35(31)22-27-15-19-29(34)20-16-27/h9,12-21,25,30H,4-8,10-11,22-24H2,1-3H3. The highest BCUT2D eigenvalue weighted by Crippen LogP contribution is 2.26. The van der Waals surface area contributed by atoms with E-state index in [0.717, 1.165) is 55.2 Å². The highest BCUT2D eigenvalue weighted by atomic mass is 79.9. The first-order chi connectivity index (χ1) is 18.9. The fraction of sp³-hybridized carbons (Fsp3) is 0.455. The van der Waals surface area contributed by atoms with Crippen molar-refractivity contribution in [1.82, 2.24) is 14.4 Å². The summed E-state index contributed by atoms with van der Waals surface area (Å²) in [5.41, 5.74) is 4.18. The van der Waals surface area contributed by atoms with E-state index in [9.17, 15) is 9.59 Å². The predicted molar refractivity (Wildman–Crippen MR) is 162 cm³/mol. The number of hydrogen-bond acceptors (Lipinski definition) is 2. The largest absolute Gasteiger partial charge is 0.345 e. The van der Waals surface area contributed by atoms with Crippen molar-refractivity contribution in [3.8, 4) is 0 Å². The Morgan fingerprint density at radius 3 is 2.26 bits per heavy atom. The van der Waals surface area contributed by atoms with Crippen molar-refractivity contribution in [3.05, 3.63) is 93.7 Å². The van der Waals surface area contributed by atoms with Gasteiger partial charge in [-0.15, -0.1) is 0 Å². The van der Waals surface area contributed by atoms with E-state index in [0.29, 0.717) is 12.1 Å². The zero-order valence-corrected chi connectivity index (χ0v) is 25.2. The van der Waals surface area contributed by atoms with Crippen molar-refractivity contribution in [3.63, 3.8) is 0 Å². The molecule has 2 amide bonds. The molecule has 0 bridgehead atoms. The topological polar surface area (TPSA) is 45.6 Å². The van der Waals surface area contributed by atoms with Crippen LogP contribution in [0.2, 0.25) is 0 Å². The summed E-state index contributed by atoms with van der Waals surface area (Å²) in [5, 5.41) is 0. The molecular formula is C33H42BrN3O2. The van der Waals surface area contributed by atoms with Crippen molar-refractivity contribution in [2.45, 2.75) is 90.9 Å². The molecule has 1 atom stereocenters. The molecule has 2 aromatic carbocycles. The molecule has 1 heterocycles. The van der Waals surface area contributed by atoms with Gasteiger partial charge in [0.2, 0.25) is 5.91 Å². The Hall–Kier alpha value is -2.86. The van der Waals surface area contributed by atoms with E-state index < -0.39 is 0 Å². The molecule has 5 nitrogen and oxygen atoms in total. The van der Waals surface area contributed by atoms with Crippen LogP contribution in [0.15, 0.2) is 71.3 Å². The number of carbonyl (C=O) groups excluding carboxylic acids is 2. The number of hydrogen-bond donors (Lipinski definition) is 0. The van der Waals surface area contributed by atoms with Gasteiger partial charge in [-0.3, -0.25) is 9.59 Å². The fourth-order valence-electron chi connectivity index (χ4n) is 5.46. The molecule has 1 aliphatic rings. The van der Waals surface area contributed by atoms with E-state index >= 15 is 0 Å². The number of aryl methyl sites for hydroxylation is 1. The minimum atomic E-state index is -0.0671. The Kier molecular flexibility index (Phi) is 10.4. The van der Waals surface area contributed by atoms with Crippen molar-refractivity contribution in [2.75, 3.05) is 6.54 Å². The molecule has 39 heavy (non-hydrogen) atoms. The third kappa shape index (κ3) is 7.63. The molecule has 4 rings (SSSR count). The van der Waals surface area contributed by atoms with Crippen LogP contribution in [-0.4, -0.2) is 44.8 Å². The van der Waals surface area contributed by atoms with Crippen molar-refractivity contribution in [2.24, 2.45) is 0 Å². The van der Waals surface area contributed by atoms with Gasteiger partial charge in [-0.05, 0) is 80.1 Å². The van der Waals surface area contributed by atoms with E-state index in [2.05, 4.69) is 81.8 Å². The maximum absolute atomic E-state index is 14.1. The van der Waals surface area contributed by atoms with Crippen molar-refractivity contribution in [1.29, 1.82) is 0 Å². The maximum atomic E-state index is 14.1. The fourth-order valence-corrected chi connectivity index (χ4v) is 5.72. The molecular weight excluding hydrogens is 550 g/mol. The van der Waals surface area contributed by atoms with E-state index in [1.54, 1.807) is 4.90 Å². The zero-order chi connectivity index (χ0) is 27.8. The molecule has 1 aromatic heterocycles. The minimum absolute atomic E-state index is 0.0261. The van der Waals surface area contributed by atoms with Gasteiger partial charge in [0.25, 0.3) is 5.91 Å². The van der Waals surface area contributed by atoms with Crippen LogP contribution < -0.4 is 0 Å². The lowest BCUT2D eigenvalue weighted by Gasteiger charge is -2.37. The smallest absolute Gasteiger partial charge is 0.254 e. The first-order valence-corrected chi connectivity index (χ1v) is 15.3. The molecule has 1 saturated carbocycles. The molecule has 1 unspecified atom stereocenters. The van der Waals surface area contributed by atoms with Gasteiger partial charge in [0.15, 0.2) is 0 Å². The number of benzene rings is 2. The van der Waals surface area contributed by atoms with Crippen LogP contribution in [0.4, 0.5) is 0 Å². The molecule has 1 aliphatic carbocycles. The van der Waals surface area contributed by atoms with Gasteiger partial charge in [-0.2, -0.15) is 0 Å². The van der Waals surface area contributed by atoms with Crippen LogP contribution in [-0.2, 0) is 24.3 Å². The lowest BCUT2D eigenvalue weighted by molar-refractivity contribution is -0.136. The minimum Gasteiger partial charge on any atom is -0.345 e. The summed E-state index contributed by atoms with van der Waals surface area (Å²) in [4.78, 5) is 31.5. The van der Waals surface area contributed by atoms with Crippen LogP contribution in [0.25, 0.3) is 0 Å². The van der Waals surface area contributed by atoms with E-state index in [4.69, 9.17) is 0 Å².